The van der Waals surface area contributed by atoms with Crippen molar-refractivity contribution in [2.75, 3.05) is 19.8 Å². The van der Waals surface area contributed by atoms with Gasteiger partial charge in [0.2, 0.25) is 11.8 Å². The van der Waals surface area contributed by atoms with Gasteiger partial charge in [0.25, 0.3) is 0 Å². The molecule has 1 saturated carbocycles. The van der Waals surface area contributed by atoms with Gasteiger partial charge >= 0.3 is 5.97 Å². The summed E-state index contributed by atoms with van der Waals surface area (Å²) in [6, 6.07) is -1.34. The lowest BCUT2D eigenvalue weighted by Crippen LogP contribution is -2.60. The molecule has 3 saturated heterocycles. The van der Waals surface area contributed by atoms with Crippen LogP contribution in [0.3, 0.4) is 0 Å². The fraction of sp³-hybridized carbons (Fsp3) is 0.750. The van der Waals surface area contributed by atoms with Crippen molar-refractivity contribution in [1.29, 1.82) is 0 Å². The second kappa shape index (κ2) is 10.7. The van der Waals surface area contributed by atoms with E-state index < -0.39 is 41.1 Å². The molecule has 1 spiro atoms. The predicted octanol–water partition coefficient (Wildman–Crippen LogP) is 2.99. The summed E-state index contributed by atoms with van der Waals surface area (Å²) in [6.45, 7) is 11.6. The fourth-order valence-corrected chi connectivity index (χ4v) is 7.25. The molecule has 1 aliphatic carbocycles. The van der Waals surface area contributed by atoms with Crippen molar-refractivity contribution >= 4 is 17.8 Å². The van der Waals surface area contributed by atoms with E-state index in [2.05, 4.69) is 13.2 Å². The molecule has 4 rings (SSSR count). The van der Waals surface area contributed by atoms with Crippen LogP contribution in [0.2, 0.25) is 0 Å². The van der Waals surface area contributed by atoms with E-state index in [0.29, 0.717) is 32.2 Å². The second-order valence-electron chi connectivity index (χ2n) is 11.0. The Bertz CT molecular complexity index is 881. The molecule has 0 aromatic heterocycles. The van der Waals surface area contributed by atoms with Gasteiger partial charge in [-0.2, -0.15) is 0 Å². The fourth-order valence-electron chi connectivity index (χ4n) is 7.25. The highest BCUT2D eigenvalue weighted by atomic mass is 16.6. The zero-order valence-electron chi connectivity index (χ0n) is 21.8. The largest absolute Gasteiger partial charge is 0.465 e. The van der Waals surface area contributed by atoms with Crippen LogP contribution in [0.5, 0.6) is 0 Å². The third kappa shape index (κ3) is 4.20. The van der Waals surface area contributed by atoms with Crippen molar-refractivity contribution in [3.05, 3.63) is 25.3 Å². The minimum atomic E-state index is -1.11. The summed E-state index contributed by atoms with van der Waals surface area (Å²) in [5.74, 6) is -2.50. The number of hydrogen-bond donors (Lipinski definition) is 1. The molecule has 4 fully saturated rings. The molecule has 1 N–H and O–H groups in total. The Morgan fingerprint density at radius 1 is 1.25 bits per heavy atom. The minimum Gasteiger partial charge on any atom is -0.465 e. The van der Waals surface area contributed by atoms with Gasteiger partial charge < -0.3 is 24.4 Å². The van der Waals surface area contributed by atoms with Crippen LogP contribution in [0.25, 0.3) is 0 Å². The monoisotopic (exact) mass is 502 g/mol. The molecule has 4 aliphatic rings. The summed E-state index contributed by atoms with van der Waals surface area (Å²) in [4.78, 5) is 45.3. The van der Waals surface area contributed by atoms with Gasteiger partial charge in [-0.15, -0.1) is 13.2 Å². The van der Waals surface area contributed by atoms with Gasteiger partial charge in [0.1, 0.15) is 17.6 Å². The van der Waals surface area contributed by atoms with E-state index in [-0.39, 0.29) is 31.1 Å². The number of carbonyl (C=O) groups excluding carboxylic acids is 3. The minimum absolute atomic E-state index is 0.0831. The van der Waals surface area contributed by atoms with E-state index in [1.807, 2.05) is 18.7 Å². The van der Waals surface area contributed by atoms with E-state index in [1.54, 1.807) is 17.1 Å². The van der Waals surface area contributed by atoms with Gasteiger partial charge in [0, 0.05) is 12.6 Å². The molecule has 8 heteroatoms. The lowest BCUT2D eigenvalue weighted by molar-refractivity contribution is -0.162. The second-order valence-corrected chi connectivity index (χ2v) is 11.0. The molecule has 2 unspecified atom stereocenters. The SMILES string of the molecule is C=CCCOC(=O)[C@H]1[C@H]2C(=O)N([C@@H](CC)CO)C(C(=O)N(CC=C)C3CCCCC3)C23CC[C@]1(C)O3. The first-order valence-electron chi connectivity index (χ1n) is 13.6. The van der Waals surface area contributed by atoms with E-state index in [4.69, 9.17) is 9.47 Å². The van der Waals surface area contributed by atoms with Gasteiger partial charge in [0.15, 0.2) is 0 Å². The number of ether oxygens (including phenoxy) is 2. The number of aliphatic hydroxyl groups is 1. The van der Waals surface area contributed by atoms with Crippen molar-refractivity contribution in [2.45, 2.75) is 101 Å². The quantitative estimate of drug-likeness (QED) is 0.265. The van der Waals surface area contributed by atoms with Gasteiger partial charge in [0.05, 0.1) is 30.8 Å². The average Bonchev–Trinajstić information content (AvgIpc) is 3.45. The Balaban J connectivity index is 1.75. The molecular formula is C28H42N2O6. The summed E-state index contributed by atoms with van der Waals surface area (Å²) >= 11 is 0. The Hall–Kier alpha value is -2.19. The van der Waals surface area contributed by atoms with Gasteiger partial charge in [-0.1, -0.05) is 38.3 Å². The molecule has 200 valence electrons. The first-order chi connectivity index (χ1) is 17.3. The lowest BCUT2D eigenvalue weighted by Gasteiger charge is -2.42. The molecule has 0 aromatic carbocycles. The molecular weight excluding hydrogens is 460 g/mol. The summed E-state index contributed by atoms with van der Waals surface area (Å²) in [5, 5.41) is 10.2. The normalized spacial score (nSPS) is 34.4. The summed E-state index contributed by atoms with van der Waals surface area (Å²) in [6.07, 6.45) is 10.6. The van der Waals surface area contributed by atoms with Crippen LogP contribution in [0.4, 0.5) is 0 Å². The van der Waals surface area contributed by atoms with Crippen molar-refractivity contribution in [3.63, 3.8) is 0 Å². The molecule has 0 aromatic rings. The highest BCUT2D eigenvalue weighted by molar-refractivity contribution is 5.98. The zero-order chi connectivity index (χ0) is 26.1. The van der Waals surface area contributed by atoms with Crippen molar-refractivity contribution in [2.24, 2.45) is 11.8 Å². The molecule has 3 heterocycles. The molecule has 8 nitrogen and oxygen atoms in total. The molecule has 0 radical (unpaired) electrons. The number of aliphatic hydroxyl groups excluding tert-OH is 1. The van der Waals surface area contributed by atoms with E-state index in [0.717, 1.165) is 32.1 Å². The Morgan fingerprint density at radius 3 is 2.58 bits per heavy atom. The number of carbonyl (C=O) groups is 3. The maximum absolute atomic E-state index is 14.4. The van der Waals surface area contributed by atoms with Crippen molar-refractivity contribution in [3.8, 4) is 0 Å². The molecule has 3 aliphatic heterocycles. The van der Waals surface area contributed by atoms with Crippen LogP contribution in [-0.4, -0.2) is 81.8 Å². The summed E-state index contributed by atoms with van der Waals surface area (Å²) < 4.78 is 12.2. The molecule has 2 amide bonds. The van der Waals surface area contributed by atoms with E-state index >= 15 is 0 Å². The van der Waals surface area contributed by atoms with E-state index in [9.17, 15) is 19.5 Å². The highest BCUT2D eigenvalue weighted by Gasteiger charge is 2.79. The number of amides is 2. The van der Waals surface area contributed by atoms with Crippen molar-refractivity contribution < 1.29 is 29.0 Å². The Labute approximate surface area is 214 Å². The first-order valence-corrected chi connectivity index (χ1v) is 13.6. The molecule has 2 bridgehead atoms. The molecule has 36 heavy (non-hydrogen) atoms. The summed E-state index contributed by atoms with van der Waals surface area (Å²) in [5.41, 5.74) is -1.98. The number of esters is 1. The smallest absolute Gasteiger partial charge is 0.312 e. The van der Waals surface area contributed by atoms with Gasteiger partial charge in [-0.25, -0.2) is 0 Å². The number of rotatable bonds is 11. The van der Waals surface area contributed by atoms with Crippen LogP contribution in [0.1, 0.15) is 71.6 Å². The number of fused-ring (bicyclic) bond motifs is 1. The average molecular weight is 503 g/mol. The van der Waals surface area contributed by atoms with Gasteiger partial charge in [-0.3, -0.25) is 14.4 Å². The lowest BCUT2D eigenvalue weighted by atomic mass is 9.66. The zero-order valence-corrected chi connectivity index (χ0v) is 21.8. The van der Waals surface area contributed by atoms with Crippen LogP contribution >= 0.6 is 0 Å². The van der Waals surface area contributed by atoms with Crippen LogP contribution in [-0.2, 0) is 23.9 Å². The standard InChI is InChI=1S/C28H42N2O6/c1-5-8-17-35-26(34)22-21-24(32)30(19(7-3)18-31)23(28(21)15-14-27(22,4)36-28)25(33)29(16-6-2)20-12-10-9-11-13-20/h5-6,19-23,31H,1-2,7-18H2,3-4H3/t19-,21-,22+,23?,27-,28?/m0/s1. The summed E-state index contributed by atoms with van der Waals surface area (Å²) in [7, 11) is 0. The topological polar surface area (TPSA) is 96.4 Å². The third-order valence-corrected chi connectivity index (χ3v) is 8.97. The van der Waals surface area contributed by atoms with Crippen molar-refractivity contribution in [1.82, 2.24) is 9.80 Å². The predicted molar refractivity (Wildman–Crippen MR) is 135 cm³/mol. The number of likely N-dealkylation sites (tertiary alicyclic amines) is 1. The van der Waals surface area contributed by atoms with Crippen LogP contribution in [0.15, 0.2) is 25.3 Å². The van der Waals surface area contributed by atoms with E-state index in [1.165, 1.54) is 0 Å². The maximum atomic E-state index is 14.4. The molecule has 6 atom stereocenters. The van der Waals surface area contributed by atoms with Crippen LogP contribution < -0.4 is 0 Å². The van der Waals surface area contributed by atoms with Gasteiger partial charge in [-0.05, 0) is 45.4 Å². The number of nitrogens with zero attached hydrogens (tertiary/aromatic N) is 2. The first kappa shape index (κ1) is 26.9. The Kier molecular flexibility index (Phi) is 7.95. The number of hydrogen-bond acceptors (Lipinski definition) is 6. The third-order valence-electron chi connectivity index (χ3n) is 8.97. The Morgan fingerprint density at radius 2 is 1.97 bits per heavy atom. The highest BCUT2D eigenvalue weighted by Crippen LogP contribution is 2.63. The maximum Gasteiger partial charge on any atom is 0.312 e. The van der Waals surface area contributed by atoms with Crippen LogP contribution in [0, 0.1) is 11.8 Å².